The summed E-state index contributed by atoms with van der Waals surface area (Å²) in [5.41, 5.74) is -0.195. The van der Waals surface area contributed by atoms with Gasteiger partial charge in [-0.3, -0.25) is 0 Å². The van der Waals surface area contributed by atoms with E-state index in [1.54, 1.807) is 12.1 Å². The van der Waals surface area contributed by atoms with Gasteiger partial charge in [0.1, 0.15) is 5.75 Å². The van der Waals surface area contributed by atoms with Crippen LogP contribution in [0, 0.1) is 0 Å². The molecule has 1 aliphatic carbocycles. The van der Waals surface area contributed by atoms with Gasteiger partial charge >= 0.3 is 0 Å². The first-order valence-electron chi connectivity index (χ1n) is 5.24. The largest absolute Gasteiger partial charge is 0.508 e. The smallest absolute Gasteiger partial charge is 0.122 e. The number of aromatic hydroxyl groups is 1. The molecule has 0 atom stereocenters. The van der Waals surface area contributed by atoms with Gasteiger partial charge in [0, 0.05) is 10.6 Å². The molecule has 0 bridgehead atoms. The van der Waals surface area contributed by atoms with E-state index in [4.69, 9.17) is 11.6 Å². The van der Waals surface area contributed by atoms with E-state index in [2.05, 4.69) is 0 Å². The fourth-order valence-electron chi connectivity index (χ4n) is 2.15. The fraction of sp³-hybridized carbons (Fsp3) is 0.231. The van der Waals surface area contributed by atoms with Gasteiger partial charge in [0.05, 0.1) is 5.60 Å². The Bertz CT molecular complexity index is 573. The van der Waals surface area contributed by atoms with Crippen molar-refractivity contribution in [3.8, 4) is 5.75 Å². The number of aliphatic hydroxyl groups is 1. The minimum atomic E-state index is -0.836. The molecule has 2 aromatic carbocycles. The van der Waals surface area contributed by atoms with Crippen LogP contribution in [-0.4, -0.2) is 10.2 Å². The van der Waals surface area contributed by atoms with Gasteiger partial charge < -0.3 is 10.2 Å². The molecule has 2 N–H and O–H groups in total. The lowest BCUT2D eigenvalue weighted by molar-refractivity contribution is 0.149. The third-order valence-corrected chi connectivity index (χ3v) is 3.38. The Hall–Kier alpha value is -1.25. The van der Waals surface area contributed by atoms with Gasteiger partial charge in [-0.2, -0.15) is 0 Å². The molecule has 0 aromatic heterocycles. The van der Waals surface area contributed by atoms with Gasteiger partial charge in [-0.25, -0.2) is 0 Å². The Balaban J connectivity index is 2.36. The zero-order valence-corrected chi connectivity index (χ0v) is 9.33. The molecule has 1 fully saturated rings. The van der Waals surface area contributed by atoms with Crippen LogP contribution in [0.5, 0.6) is 5.75 Å². The van der Waals surface area contributed by atoms with Crippen LogP contribution in [0.1, 0.15) is 18.4 Å². The maximum atomic E-state index is 10.2. The standard InChI is InChI=1S/C13H11ClO2/c14-9-2-3-10-8(7-9)1-4-11(15)12(10)13(16)5-6-13/h1-4,7,15-16H,5-6H2. The highest BCUT2D eigenvalue weighted by atomic mass is 35.5. The predicted octanol–water partition coefficient (Wildman–Crippen LogP) is 3.18. The van der Waals surface area contributed by atoms with Crippen molar-refractivity contribution in [2.45, 2.75) is 18.4 Å². The van der Waals surface area contributed by atoms with Crippen LogP contribution in [0.2, 0.25) is 5.02 Å². The van der Waals surface area contributed by atoms with Crippen LogP contribution in [-0.2, 0) is 5.60 Å². The highest BCUT2D eigenvalue weighted by Gasteiger charge is 2.45. The van der Waals surface area contributed by atoms with Gasteiger partial charge in [-0.05, 0) is 41.8 Å². The lowest BCUT2D eigenvalue weighted by Gasteiger charge is -2.14. The van der Waals surface area contributed by atoms with Gasteiger partial charge in [0.15, 0.2) is 0 Å². The summed E-state index contributed by atoms with van der Waals surface area (Å²) in [6, 6.07) is 8.89. The molecular formula is C13H11ClO2. The molecule has 0 amide bonds. The van der Waals surface area contributed by atoms with E-state index < -0.39 is 5.60 Å². The summed E-state index contributed by atoms with van der Waals surface area (Å²) in [5.74, 6) is 0.162. The monoisotopic (exact) mass is 234 g/mol. The molecule has 2 nitrogen and oxygen atoms in total. The second-order valence-electron chi connectivity index (χ2n) is 4.36. The molecule has 16 heavy (non-hydrogen) atoms. The Kier molecular flexibility index (Phi) is 1.94. The van der Waals surface area contributed by atoms with Crippen molar-refractivity contribution in [3.63, 3.8) is 0 Å². The number of rotatable bonds is 1. The highest BCUT2D eigenvalue weighted by Crippen LogP contribution is 2.51. The van der Waals surface area contributed by atoms with Crippen molar-refractivity contribution >= 4 is 22.4 Å². The third-order valence-electron chi connectivity index (χ3n) is 3.15. The third kappa shape index (κ3) is 1.38. The maximum absolute atomic E-state index is 10.2. The fourth-order valence-corrected chi connectivity index (χ4v) is 2.33. The molecule has 0 unspecified atom stereocenters. The molecule has 0 spiro atoms. The molecule has 1 aliphatic rings. The number of hydrogen-bond acceptors (Lipinski definition) is 2. The van der Waals surface area contributed by atoms with Crippen molar-refractivity contribution in [1.82, 2.24) is 0 Å². The zero-order chi connectivity index (χ0) is 11.3. The first-order valence-corrected chi connectivity index (χ1v) is 5.62. The van der Waals surface area contributed by atoms with Crippen molar-refractivity contribution < 1.29 is 10.2 Å². The summed E-state index contributed by atoms with van der Waals surface area (Å²) >= 11 is 5.92. The summed E-state index contributed by atoms with van der Waals surface area (Å²) < 4.78 is 0. The lowest BCUT2D eigenvalue weighted by atomic mass is 9.98. The Labute approximate surface area is 98.1 Å². The first-order chi connectivity index (χ1) is 7.60. The summed E-state index contributed by atoms with van der Waals surface area (Å²) in [7, 11) is 0. The van der Waals surface area contributed by atoms with Crippen molar-refractivity contribution in [3.05, 3.63) is 40.9 Å². The summed E-state index contributed by atoms with van der Waals surface area (Å²) in [4.78, 5) is 0. The Morgan fingerprint density at radius 2 is 1.88 bits per heavy atom. The van der Waals surface area contributed by atoms with Crippen LogP contribution < -0.4 is 0 Å². The Morgan fingerprint density at radius 3 is 2.56 bits per heavy atom. The zero-order valence-electron chi connectivity index (χ0n) is 8.57. The van der Waals surface area contributed by atoms with E-state index in [-0.39, 0.29) is 5.75 Å². The van der Waals surface area contributed by atoms with Crippen LogP contribution >= 0.6 is 11.6 Å². The molecule has 2 aromatic rings. The molecule has 3 rings (SSSR count). The Morgan fingerprint density at radius 1 is 1.12 bits per heavy atom. The second kappa shape index (κ2) is 3.12. The van der Waals surface area contributed by atoms with E-state index in [0.29, 0.717) is 23.4 Å². The molecule has 1 saturated carbocycles. The van der Waals surface area contributed by atoms with Crippen molar-refractivity contribution in [2.75, 3.05) is 0 Å². The number of phenolic OH excluding ortho intramolecular Hbond substituents is 1. The first kappa shape index (κ1) is 9.94. The SMILES string of the molecule is Oc1ccc2cc(Cl)ccc2c1C1(O)CC1. The van der Waals surface area contributed by atoms with E-state index in [0.717, 1.165) is 10.8 Å². The lowest BCUT2D eigenvalue weighted by Crippen LogP contribution is -2.05. The van der Waals surface area contributed by atoms with E-state index >= 15 is 0 Å². The summed E-state index contributed by atoms with van der Waals surface area (Å²) in [6.45, 7) is 0. The van der Waals surface area contributed by atoms with Crippen LogP contribution in [0.3, 0.4) is 0 Å². The average molecular weight is 235 g/mol. The van der Waals surface area contributed by atoms with Crippen molar-refractivity contribution in [2.24, 2.45) is 0 Å². The van der Waals surface area contributed by atoms with Crippen LogP contribution in [0.15, 0.2) is 30.3 Å². The number of hydrogen-bond donors (Lipinski definition) is 2. The molecule has 0 saturated heterocycles. The minimum absolute atomic E-state index is 0.162. The summed E-state index contributed by atoms with van der Waals surface area (Å²) in [5, 5.41) is 22.5. The normalized spacial score (nSPS) is 17.6. The molecule has 0 heterocycles. The second-order valence-corrected chi connectivity index (χ2v) is 4.79. The number of benzene rings is 2. The van der Waals surface area contributed by atoms with Gasteiger partial charge in [0.2, 0.25) is 0 Å². The topological polar surface area (TPSA) is 40.5 Å². The van der Waals surface area contributed by atoms with Crippen LogP contribution in [0.4, 0.5) is 0 Å². The van der Waals surface area contributed by atoms with Crippen molar-refractivity contribution in [1.29, 1.82) is 0 Å². The summed E-state index contributed by atoms with van der Waals surface area (Å²) in [6.07, 6.45) is 1.42. The molecule has 0 aliphatic heterocycles. The van der Waals surface area contributed by atoms with E-state index in [1.165, 1.54) is 0 Å². The van der Waals surface area contributed by atoms with E-state index in [1.807, 2.05) is 18.2 Å². The van der Waals surface area contributed by atoms with Crippen LogP contribution in [0.25, 0.3) is 10.8 Å². The number of fused-ring (bicyclic) bond motifs is 1. The number of halogens is 1. The van der Waals surface area contributed by atoms with E-state index in [9.17, 15) is 10.2 Å². The average Bonchev–Trinajstić information content (AvgIpc) is 2.97. The van der Waals surface area contributed by atoms with Gasteiger partial charge in [-0.1, -0.05) is 23.7 Å². The molecule has 82 valence electrons. The molecule has 3 heteroatoms. The minimum Gasteiger partial charge on any atom is -0.508 e. The molecule has 0 radical (unpaired) electrons. The predicted molar refractivity (Wildman–Crippen MR) is 63.8 cm³/mol. The van der Waals surface area contributed by atoms with Gasteiger partial charge in [-0.15, -0.1) is 0 Å². The quantitative estimate of drug-likeness (QED) is 0.796. The molecular weight excluding hydrogens is 224 g/mol. The highest BCUT2D eigenvalue weighted by molar-refractivity contribution is 6.31. The number of phenols is 1. The van der Waals surface area contributed by atoms with Gasteiger partial charge in [0.25, 0.3) is 0 Å². The maximum Gasteiger partial charge on any atom is 0.122 e.